The van der Waals surface area contributed by atoms with E-state index in [0.29, 0.717) is 24.3 Å². The first-order valence-corrected chi connectivity index (χ1v) is 8.64. The molecule has 1 aromatic rings. The van der Waals surface area contributed by atoms with Crippen molar-refractivity contribution in [3.8, 4) is 11.5 Å². The average molecular weight is 320 g/mol. The maximum atomic E-state index is 11.8. The summed E-state index contributed by atoms with van der Waals surface area (Å²) in [4.78, 5) is 23.5. The lowest BCUT2D eigenvalue weighted by molar-refractivity contribution is -0.137. The van der Waals surface area contributed by atoms with Gasteiger partial charge in [-0.05, 0) is 43.4 Å². The highest BCUT2D eigenvalue weighted by molar-refractivity contribution is 5.76. The number of carbonyl (C=O) groups excluding carboxylic acids is 2. The summed E-state index contributed by atoms with van der Waals surface area (Å²) in [5.41, 5.74) is 1.09. The summed E-state index contributed by atoms with van der Waals surface area (Å²) < 4.78 is 10.7. The van der Waals surface area contributed by atoms with E-state index < -0.39 is 0 Å². The molecule has 0 bridgehead atoms. The minimum absolute atomic E-state index is 0.300. The van der Waals surface area contributed by atoms with E-state index in [1.54, 1.807) is 6.07 Å². The Morgan fingerprint density at radius 2 is 1.43 bits per heavy atom. The second kappa shape index (κ2) is 10.8. The normalized spacial score (nSPS) is 10.4. The van der Waals surface area contributed by atoms with E-state index in [4.69, 9.17) is 9.47 Å². The van der Waals surface area contributed by atoms with E-state index in [1.165, 1.54) is 0 Å². The smallest absolute Gasteiger partial charge is 0.311 e. The lowest BCUT2D eigenvalue weighted by atomic mass is 10.1. The molecule has 0 unspecified atom stereocenters. The van der Waals surface area contributed by atoms with Gasteiger partial charge in [0.15, 0.2) is 11.5 Å². The summed E-state index contributed by atoms with van der Waals surface area (Å²) in [6.45, 7) is 6.00. The lowest BCUT2D eigenvalue weighted by Crippen LogP contribution is -2.12. The Morgan fingerprint density at radius 3 is 2.00 bits per heavy atom. The zero-order valence-corrected chi connectivity index (χ0v) is 14.5. The summed E-state index contributed by atoms with van der Waals surface area (Å²) >= 11 is 0. The summed E-state index contributed by atoms with van der Waals surface area (Å²) in [6, 6.07) is 5.47. The number of esters is 2. The highest BCUT2D eigenvalue weighted by Crippen LogP contribution is 2.30. The number of hydrogen-bond acceptors (Lipinski definition) is 4. The van der Waals surface area contributed by atoms with E-state index in [0.717, 1.165) is 44.1 Å². The summed E-state index contributed by atoms with van der Waals surface area (Å²) in [5, 5.41) is 0. The third kappa shape index (κ3) is 7.31. The van der Waals surface area contributed by atoms with Gasteiger partial charge in [-0.3, -0.25) is 9.59 Å². The predicted octanol–water partition coefficient (Wildman–Crippen LogP) is 4.83. The Morgan fingerprint density at radius 1 is 0.826 bits per heavy atom. The molecule has 0 radical (unpaired) electrons. The highest BCUT2D eigenvalue weighted by atomic mass is 16.6. The van der Waals surface area contributed by atoms with E-state index in [9.17, 15) is 9.59 Å². The molecular formula is C19H28O4. The molecule has 0 amide bonds. The molecule has 0 aliphatic carbocycles. The van der Waals surface area contributed by atoms with Crippen LogP contribution in [0.5, 0.6) is 11.5 Å². The molecule has 1 rings (SSSR count). The predicted molar refractivity (Wildman–Crippen MR) is 90.8 cm³/mol. The van der Waals surface area contributed by atoms with Crippen LogP contribution in [0.1, 0.15) is 71.3 Å². The van der Waals surface area contributed by atoms with Crippen LogP contribution in [0.15, 0.2) is 18.2 Å². The molecular weight excluding hydrogens is 292 g/mol. The van der Waals surface area contributed by atoms with Crippen molar-refractivity contribution in [1.82, 2.24) is 0 Å². The molecule has 0 saturated heterocycles. The zero-order valence-electron chi connectivity index (χ0n) is 14.5. The minimum atomic E-state index is -0.306. The van der Waals surface area contributed by atoms with Crippen molar-refractivity contribution in [3.05, 3.63) is 23.8 Å². The molecule has 4 heteroatoms. The molecule has 0 spiro atoms. The van der Waals surface area contributed by atoms with Crippen LogP contribution in [0, 0.1) is 0 Å². The Balaban J connectivity index is 2.88. The van der Waals surface area contributed by atoms with Crippen LogP contribution in [0.25, 0.3) is 0 Å². The van der Waals surface area contributed by atoms with Gasteiger partial charge in [-0.1, -0.05) is 39.7 Å². The van der Waals surface area contributed by atoms with Gasteiger partial charge >= 0.3 is 11.9 Å². The first-order valence-electron chi connectivity index (χ1n) is 8.64. The van der Waals surface area contributed by atoms with Crippen LogP contribution in [-0.2, 0) is 16.0 Å². The lowest BCUT2D eigenvalue weighted by Gasteiger charge is -2.12. The van der Waals surface area contributed by atoms with Crippen molar-refractivity contribution in [1.29, 1.82) is 0 Å². The second-order valence-electron chi connectivity index (χ2n) is 5.69. The fraction of sp³-hybridized carbons (Fsp3) is 0.579. The van der Waals surface area contributed by atoms with Gasteiger partial charge in [0, 0.05) is 12.8 Å². The van der Waals surface area contributed by atoms with Gasteiger partial charge in [-0.2, -0.15) is 0 Å². The Labute approximate surface area is 139 Å². The molecule has 1 aromatic carbocycles. The molecule has 23 heavy (non-hydrogen) atoms. The largest absolute Gasteiger partial charge is 0.423 e. The van der Waals surface area contributed by atoms with Gasteiger partial charge in [0.2, 0.25) is 0 Å². The van der Waals surface area contributed by atoms with Crippen LogP contribution < -0.4 is 9.47 Å². The number of unbranched alkanes of at least 4 members (excludes halogenated alkanes) is 2. The molecule has 0 fully saturated rings. The number of rotatable bonds is 10. The molecule has 4 nitrogen and oxygen atoms in total. The Hall–Kier alpha value is -1.84. The monoisotopic (exact) mass is 320 g/mol. The molecule has 0 atom stereocenters. The van der Waals surface area contributed by atoms with Crippen molar-refractivity contribution < 1.29 is 19.1 Å². The van der Waals surface area contributed by atoms with E-state index in [-0.39, 0.29) is 11.9 Å². The van der Waals surface area contributed by atoms with Crippen molar-refractivity contribution in [2.24, 2.45) is 0 Å². The highest BCUT2D eigenvalue weighted by Gasteiger charge is 2.14. The number of carbonyl (C=O) groups is 2. The van der Waals surface area contributed by atoms with Crippen molar-refractivity contribution in [2.45, 2.75) is 72.1 Å². The van der Waals surface area contributed by atoms with Crippen molar-refractivity contribution >= 4 is 11.9 Å². The topological polar surface area (TPSA) is 52.6 Å². The fourth-order valence-corrected chi connectivity index (χ4v) is 2.21. The van der Waals surface area contributed by atoms with Crippen LogP contribution in [0.4, 0.5) is 0 Å². The second-order valence-corrected chi connectivity index (χ2v) is 5.69. The van der Waals surface area contributed by atoms with Gasteiger partial charge in [0.25, 0.3) is 0 Å². The third-order valence-corrected chi connectivity index (χ3v) is 3.43. The molecule has 0 saturated carbocycles. The van der Waals surface area contributed by atoms with Crippen LogP contribution in [-0.4, -0.2) is 11.9 Å². The molecule has 0 aromatic heterocycles. The first-order chi connectivity index (χ1) is 11.1. The zero-order chi connectivity index (χ0) is 17.1. The Kier molecular flexibility index (Phi) is 9.03. The molecule has 128 valence electrons. The van der Waals surface area contributed by atoms with Gasteiger partial charge in [0.1, 0.15) is 0 Å². The minimum Gasteiger partial charge on any atom is -0.423 e. The SMILES string of the molecule is CCCCCc1ccc(OC(=O)CCC)c(OC(=O)CCC)c1. The summed E-state index contributed by atoms with van der Waals surface area (Å²) in [5.74, 6) is 0.0686. The van der Waals surface area contributed by atoms with Crippen molar-refractivity contribution in [2.75, 3.05) is 0 Å². The number of hydrogen-bond donors (Lipinski definition) is 0. The van der Waals surface area contributed by atoms with Crippen LogP contribution in [0.2, 0.25) is 0 Å². The van der Waals surface area contributed by atoms with Gasteiger partial charge < -0.3 is 9.47 Å². The quantitative estimate of drug-likeness (QED) is 0.352. The number of aryl methyl sites for hydroxylation is 1. The fourth-order valence-electron chi connectivity index (χ4n) is 2.21. The standard InChI is InChI=1S/C19H28O4/c1-4-7-8-11-15-12-13-16(22-18(20)9-5-2)17(14-15)23-19(21)10-6-3/h12-14H,4-11H2,1-3H3. The van der Waals surface area contributed by atoms with E-state index >= 15 is 0 Å². The first kappa shape index (κ1) is 19.2. The molecule has 0 aliphatic heterocycles. The maximum absolute atomic E-state index is 11.8. The van der Waals surface area contributed by atoms with Gasteiger partial charge in [-0.15, -0.1) is 0 Å². The third-order valence-electron chi connectivity index (χ3n) is 3.43. The molecule has 0 aliphatic rings. The van der Waals surface area contributed by atoms with E-state index in [2.05, 4.69) is 6.92 Å². The average Bonchev–Trinajstić information content (AvgIpc) is 2.50. The van der Waals surface area contributed by atoms with Crippen LogP contribution in [0.3, 0.4) is 0 Å². The number of ether oxygens (including phenoxy) is 2. The molecule has 0 heterocycles. The van der Waals surface area contributed by atoms with Crippen molar-refractivity contribution in [3.63, 3.8) is 0 Å². The van der Waals surface area contributed by atoms with E-state index in [1.807, 2.05) is 26.0 Å². The van der Waals surface area contributed by atoms with Gasteiger partial charge in [0.05, 0.1) is 0 Å². The van der Waals surface area contributed by atoms with Gasteiger partial charge in [-0.25, -0.2) is 0 Å². The summed E-state index contributed by atoms with van der Waals surface area (Å²) in [7, 11) is 0. The molecule has 0 N–H and O–H groups in total. The summed E-state index contributed by atoms with van der Waals surface area (Å²) in [6.07, 6.45) is 6.48. The number of benzene rings is 1. The maximum Gasteiger partial charge on any atom is 0.311 e. The van der Waals surface area contributed by atoms with Crippen LogP contribution >= 0.6 is 0 Å². The Bertz CT molecular complexity index is 508.